The van der Waals surface area contributed by atoms with E-state index in [2.05, 4.69) is 13.8 Å². The molecule has 0 amide bonds. The zero-order chi connectivity index (χ0) is 12.1. The lowest BCUT2D eigenvalue weighted by molar-refractivity contribution is 0.0700. The van der Waals surface area contributed by atoms with Crippen LogP contribution in [0.2, 0.25) is 0 Å². The molecule has 0 unspecified atom stereocenters. The van der Waals surface area contributed by atoms with E-state index >= 15 is 0 Å². The molecule has 0 N–H and O–H groups in total. The molecule has 3 nitrogen and oxygen atoms in total. The molecule has 0 bridgehead atoms. The van der Waals surface area contributed by atoms with Gasteiger partial charge in [-0.05, 0) is 31.6 Å². The van der Waals surface area contributed by atoms with Gasteiger partial charge in [-0.1, -0.05) is 13.8 Å². The highest BCUT2D eigenvalue weighted by atomic mass is 16.5. The van der Waals surface area contributed by atoms with Gasteiger partial charge >= 0.3 is 0 Å². The summed E-state index contributed by atoms with van der Waals surface area (Å²) >= 11 is 0. The summed E-state index contributed by atoms with van der Waals surface area (Å²) in [5.74, 6) is 0.785. The molecule has 0 aliphatic heterocycles. The predicted molar refractivity (Wildman–Crippen MR) is 66.8 cm³/mol. The topological polar surface area (TPSA) is 27.7 Å². The summed E-state index contributed by atoms with van der Waals surface area (Å²) < 4.78 is 15.9. The van der Waals surface area contributed by atoms with Crippen LogP contribution in [0.25, 0.3) is 0 Å². The molecule has 0 saturated heterocycles. The highest BCUT2D eigenvalue weighted by Crippen LogP contribution is 2.03. The van der Waals surface area contributed by atoms with Gasteiger partial charge in [0.2, 0.25) is 0 Å². The largest absolute Gasteiger partial charge is 0.385 e. The van der Waals surface area contributed by atoms with E-state index in [4.69, 9.17) is 14.2 Å². The Balaban J connectivity index is 2.88. The Labute approximate surface area is 100 Å². The molecule has 0 fully saturated rings. The summed E-state index contributed by atoms with van der Waals surface area (Å²) in [6, 6.07) is 0. The van der Waals surface area contributed by atoms with Crippen LogP contribution in [0.3, 0.4) is 0 Å². The third-order valence-electron chi connectivity index (χ3n) is 2.28. The molecule has 0 heterocycles. The van der Waals surface area contributed by atoms with E-state index in [1.54, 1.807) is 7.11 Å². The van der Waals surface area contributed by atoms with Crippen molar-refractivity contribution in [3.63, 3.8) is 0 Å². The number of hydrogen-bond acceptors (Lipinski definition) is 3. The Morgan fingerprint density at radius 2 is 1.25 bits per heavy atom. The lowest BCUT2D eigenvalue weighted by atomic mass is 10.1. The summed E-state index contributed by atoms with van der Waals surface area (Å²) in [6.07, 6.45) is 4.40. The minimum Gasteiger partial charge on any atom is -0.385 e. The van der Waals surface area contributed by atoms with Crippen LogP contribution in [0.15, 0.2) is 0 Å². The van der Waals surface area contributed by atoms with Crippen LogP contribution in [0.5, 0.6) is 0 Å². The van der Waals surface area contributed by atoms with Gasteiger partial charge in [0.25, 0.3) is 0 Å². The van der Waals surface area contributed by atoms with Crippen molar-refractivity contribution in [1.82, 2.24) is 0 Å². The molecule has 0 radical (unpaired) electrons. The normalized spacial score (nSPS) is 11.2. The predicted octanol–water partition coefficient (Wildman–Crippen LogP) is 2.88. The van der Waals surface area contributed by atoms with Crippen LogP contribution in [0.4, 0.5) is 0 Å². The fraction of sp³-hybridized carbons (Fsp3) is 1.00. The van der Waals surface area contributed by atoms with Gasteiger partial charge < -0.3 is 14.2 Å². The third kappa shape index (κ3) is 13.9. The maximum Gasteiger partial charge on any atom is 0.0488 e. The number of ether oxygens (including phenoxy) is 3. The molecular weight excluding hydrogens is 204 g/mol. The second-order valence-electron chi connectivity index (χ2n) is 4.46. The van der Waals surface area contributed by atoms with E-state index in [0.29, 0.717) is 0 Å². The van der Waals surface area contributed by atoms with Crippen molar-refractivity contribution in [2.75, 3.05) is 40.1 Å². The molecule has 0 rings (SSSR count). The lowest BCUT2D eigenvalue weighted by Gasteiger charge is -2.06. The minimum absolute atomic E-state index is 0.783. The van der Waals surface area contributed by atoms with Crippen molar-refractivity contribution in [2.45, 2.75) is 39.5 Å². The molecule has 0 aromatic carbocycles. The highest BCUT2D eigenvalue weighted by Gasteiger charge is 1.94. The van der Waals surface area contributed by atoms with Gasteiger partial charge in [0.1, 0.15) is 0 Å². The van der Waals surface area contributed by atoms with Crippen molar-refractivity contribution >= 4 is 0 Å². The quantitative estimate of drug-likeness (QED) is 0.484. The van der Waals surface area contributed by atoms with Gasteiger partial charge in [0, 0.05) is 40.1 Å². The van der Waals surface area contributed by atoms with Crippen LogP contribution in [-0.2, 0) is 14.2 Å². The fourth-order valence-electron chi connectivity index (χ4n) is 1.37. The van der Waals surface area contributed by atoms with Crippen LogP contribution in [0, 0.1) is 5.92 Å². The molecule has 16 heavy (non-hydrogen) atoms. The molecule has 0 aliphatic carbocycles. The molecule has 0 aliphatic rings. The zero-order valence-corrected chi connectivity index (χ0v) is 11.2. The Morgan fingerprint density at radius 3 is 1.75 bits per heavy atom. The maximum absolute atomic E-state index is 5.51. The van der Waals surface area contributed by atoms with E-state index in [0.717, 1.165) is 51.8 Å². The van der Waals surface area contributed by atoms with Crippen molar-refractivity contribution in [1.29, 1.82) is 0 Å². The average Bonchev–Trinajstić information content (AvgIpc) is 2.25. The molecule has 3 heteroatoms. The van der Waals surface area contributed by atoms with Crippen LogP contribution >= 0.6 is 0 Å². The second kappa shape index (κ2) is 12.9. The molecule has 98 valence electrons. The van der Waals surface area contributed by atoms with Crippen molar-refractivity contribution in [3.8, 4) is 0 Å². The van der Waals surface area contributed by atoms with E-state index in [-0.39, 0.29) is 0 Å². The Kier molecular flexibility index (Phi) is 12.9. The Bertz CT molecular complexity index is 126. The number of methoxy groups -OCH3 is 1. The van der Waals surface area contributed by atoms with E-state index in [1.807, 2.05) is 0 Å². The van der Waals surface area contributed by atoms with Gasteiger partial charge in [0.15, 0.2) is 0 Å². The maximum atomic E-state index is 5.51. The van der Waals surface area contributed by atoms with Crippen molar-refractivity contribution < 1.29 is 14.2 Å². The van der Waals surface area contributed by atoms with Gasteiger partial charge in [-0.15, -0.1) is 0 Å². The summed E-state index contributed by atoms with van der Waals surface area (Å²) in [7, 11) is 1.71. The van der Waals surface area contributed by atoms with E-state index < -0.39 is 0 Å². The Hall–Kier alpha value is -0.120. The molecular formula is C13H28O3. The number of hydrogen-bond donors (Lipinski definition) is 0. The first-order chi connectivity index (χ1) is 7.77. The summed E-state index contributed by atoms with van der Waals surface area (Å²) in [5.41, 5.74) is 0. The summed E-state index contributed by atoms with van der Waals surface area (Å²) in [5, 5.41) is 0. The second-order valence-corrected chi connectivity index (χ2v) is 4.46. The monoisotopic (exact) mass is 232 g/mol. The minimum atomic E-state index is 0.783. The van der Waals surface area contributed by atoms with Gasteiger partial charge in [-0.3, -0.25) is 0 Å². The first-order valence-electron chi connectivity index (χ1n) is 6.41. The van der Waals surface area contributed by atoms with Crippen LogP contribution in [0.1, 0.15) is 39.5 Å². The van der Waals surface area contributed by atoms with Gasteiger partial charge in [-0.25, -0.2) is 0 Å². The first-order valence-corrected chi connectivity index (χ1v) is 6.41. The molecule has 0 aromatic heterocycles. The van der Waals surface area contributed by atoms with E-state index in [9.17, 15) is 0 Å². The summed E-state index contributed by atoms with van der Waals surface area (Å²) in [4.78, 5) is 0. The Morgan fingerprint density at radius 1 is 0.750 bits per heavy atom. The highest BCUT2D eigenvalue weighted by molar-refractivity contribution is 4.45. The van der Waals surface area contributed by atoms with Crippen LogP contribution in [-0.4, -0.2) is 40.1 Å². The molecule has 0 atom stereocenters. The lowest BCUT2D eigenvalue weighted by Crippen LogP contribution is -2.04. The SMILES string of the molecule is COCCCOCCCOCCCC(C)C. The van der Waals surface area contributed by atoms with Crippen LogP contribution < -0.4 is 0 Å². The zero-order valence-electron chi connectivity index (χ0n) is 11.2. The third-order valence-corrected chi connectivity index (χ3v) is 2.28. The summed E-state index contributed by atoms with van der Waals surface area (Å²) in [6.45, 7) is 8.58. The van der Waals surface area contributed by atoms with E-state index in [1.165, 1.54) is 12.8 Å². The standard InChI is InChI=1S/C13H28O3/c1-13(2)7-4-9-15-11-6-12-16-10-5-8-14-3/h13H,4-12H2,1-3H3. The number of rotatable bonds is 12. The molecule has 0 spiro atoms. The van der Waals surface area contributed by atoms with Gasteiger partial charge in [-0.2, -0.15) is 0 Å². The molecule has 0 aromatic rings. The smallest absolute Gasteiger partial charge is 0.0488 e. The fourth-order valence-corrected chi connectivity index (χ4v) is 1.37. The average molecular weight is 232 g/mol. The molecule has 0 saturated carbocycles. The van der Waals surface area contributed by atoms with Crippen molar-refractivity contribution in [2.24, 2.45) is 5.92 Å². The first kappa shape index (κ1) is 15.9. The van der Waals surface area contributed by atoms with Crippen molar-refractivity contribution in [3.05, 3.63) is 0 Å². The van der Waals surface area contributed by atoms with Gasteiger partial charge in [0.05, 0.1) is 0 Å².